The maximum Gasteiger partial charge on any atom is 0.339 e. The number of aromatic nitrogens is 1. The molecule has 2 aromatic rings. The van der Waals surface area contributed by atoms with Crippen LogP contribution >= 0.6 is 11.6 Å². The summed E-state index contributed by atoms with van der Waals surface area (Å²) in [7, 11) is -4.04. The third-order valence-corrected chi connectivity index (χ3v) is 6.70. The molecule has 3 rings (SSSR count). The van der Waals surface area contributed by atoms with Crippen molar-refractivity contribution in [2.45, 2.75) is 24.7 Å². The largest absolute Gasteiger partial charge is 0.478 e. The van der Waals surface area contributed by atoms with Crippen molar-refractivity contribution in [2.24, 2.45) is 5.92 Å². The van der Waals surface area contributed by atoms with Crippen LogP contribution in [-0.4, -0.2) is 50.1 Å². The minimum atomic E-state index is -4.04. The lowest BCUT2D eigenvalue weighted by Gasteiger charge is -2.33. The molecule has 9 nitrogen and oxygen atoms in total. The van der Waals surface area contributed by atoms with Gasteiger partial charge in [-0.2, -0.15) is 0 Å². The van der Waals surface area contributed by atoms with Gasteiger partial charge in [0.05, 0.1) is 29.4 Å². The van der Waals surface area contributed by atoms with Gasteiger partial charge >= 0.3 is 11.9 Å². The van der Waals surface area contributed by atoms with E-state index in [-0.39, 0.29) is 52.0 Å². The van der Waals surface area contributed by atoms with Gasteiger partial charge in [0.2, 0.25) is 0 Å². The lowest BCUT2D eigenvalue weighted by Crippen LogP contribution is -2.40. The number of rotatable bonds is 7. The predicted molar refractivity (Wildman–Crippen MR) is 115 cm³/mol. The molecule has 1 aliphatic heterocycles. The van der Waals surface area contributed by atoms with Crippen molar-refractivity contribution in [3.8, 4) is 0 Å². The van der Waals surface area contributed by atoms with Gasteiger partial charge in [0.1, 0.15) is 16.3 Å². The van der Waals surface area contributed by atoms with Crippen molar-refractivity contribution in [1.82, 2.24) is 4.98 Å². The van der Waals surface area contributed by atoms with Gasteiger partial charge in [-0.15, -0.1) is 0 Å². The molecule has 0 radical (unpaired) electrons. The zero-order chi connectivity index (χ0) is 22.6. The van der Waals surface area contributed by atoms with Crippen LogP contribution in [0.2, 0.25) is 5.02 Å². The summed E-state index contributed by atoms with van der Waals surface area (Å²) < 4.78 is 32.7. The van der Waals surface area contributed by atoms with Crippen molar-refractivity contribution in [1.29, 1.82) is 0 Å². The minimum Gasteiger partial charge on any atom is -0.478 e. The molecule has 166 valence electrons. The molecular formula is C20H22ClN3O6S. The Labute approximate surface area is 185 Å². The number of nitrogens with zero attached hydrogens (tertiary/aromatic N) is 2. The first-order chi connectivity index (χ1) is 14.7. The molecule has 1 aromatic heterocycles. The second-order valence-corrected chi connectivity index (χ2v) is 9.03. The molecule has 2 N–H and O–H groups in total. The number of pyridine rings is 1. The van der Waals surface area contributed by atoms with Gasteiger partial charge < -0.3 is 14.7 Å². The highest BCUT2D eigenvalue weighted by atomic mass is 35.5. The van der Waals surface area contributed by atoms with Crippen LogP contribution < -0.4 is 9.62 Å². The average Bonchev–Trinajstić information content (AvgIpc) is 2.74. The lowest BCUT2D eigenvalue weighted by molar-refractivity contribution is -0.148. The van der Waals surface area contributed by atoms with E-state index in [1.807, 2.05) is 0 Å². The van der Waals surface area contributed by atoms with E-state index in [1.165, 1.54) is 30.5 Å². The van der Waals surface area contributed by atoms with Crippen LogP contribution in [0.5, 0.6) is 0 Å². The van der Waals surface area contributed by atoms with Crippen LogP contribution in [0.25, 0.3) is 0 Å². The van der Waals surface area contributed by atoms with Gasteiger partial charge in [-0.3, -0.25) is 9.52 Å². The van der Waals surface area contributed by atoms with Gasteiger partial charge in [-0.05, 0) is 38.0 Å². The highest BCUT2D eigenvalue weighted by Gasteiger charge is 2.30. The summed E-state index contributed by atoms with van der Waals surface area (Å²) in [6, 6.07) is 7.11. The molecule has 31 heavy (non-hydrogen) atoms. The van der Waals surface area contributed by atoms with E-state index in [0.717, 1.165) is 0 Å². The maximum absolute atomic E-state index is 12.6. The van der Waals surface area contributed by atoms with Crippen LogP contribution in [0.3, 0.4) is 0 Å². The molecule has 0 spiro atoms. The van der Waals surface area contributed by atoms with Crippen LogP contribution in [0, 0.1) is 5.92 Å². The molecule has 1 atom stereocenters. The number of aromatic carboxylic acids is 1. The van der Waals surface area contributed by atoms with Gasteiger partial charge in [0.15, 0.2) is 0 Å². The zero-order valence-electron chi connectivity index (χ0n) is 16.7. The molecule has 1 aromatic carbocycles. The standard InChI is InChI=1S/C20H22ClN3O6S/c1-2-30-20(27)13-6-5-9-24(12-13)18-15(19(25)26)10-14(11-22-18)23-31(28,29)17-8-4-3-7-16(17)21/h3-4,7-8,10-11,13,23H,2,5-6,9,12H2,1H3,(H,25,26). The Bertz CT molecular complexity index is 1090. The number of sulfonamides is 1. The Hall–Kier alpha value is -2.85. The Balaban J connectivity index is 1.87. The summed E-state index contributed by atoms with van der Waals surface area (Å²) in [4.78, 5) is 29.7. The van der Waals surface area contributed by atoms with Crippen LogP contribution in [0.4, 0.5) is 11.5 Å². The monoisotopic (exact) mass is 467 g/mol. The summed E-state index contributed by atoms with van der Waals surface area (Å²) in [5, 5.41) is 9.72. The number of piperidine rings is 1. The number of esters is 1. The number of carboxylic acids is 1. The number of anilines is 2. The first kappa shape index (κ1) is 22.8. The molecule has 1 fully saturated rings. The molecule has 0 saturated carbocycles. The van der Waals surface area contributed by atoms with Crippen molar-refractivity contribution >= 4 is 45.1 Å². The van der Waals surface area contributed by atoms with Crippen LogP contribution in [0.1, 0.15) is 30.1 Å². The first-order valence-corrected chi connectivity index (χ1v) is 11.5. The van der Waals surface area contributed by atoms with Gasteiger partial charge in [0.25, 0.3) is 10.0 Å². The summed E-state index contributed by atoms with van der Waals surface area (Å²) in [6.07, 6.45) is 2.56. The van der Waals surface area contributed by atoms with Crippen molar-refractivity contribution in [3.05, 3.63) is 47.1 Å². The van der Waals surface area contributed by atoms with Gasteiger partial charge in [-0.1, -0.05) is 23.7 Å². The summed E-state index contributed by atoms with van der Waals surface area (Å²) in [5.41, 5.74) is -0.191. The fourth-order valence-corrected chi connectivity index (χ4v) is 4.97. The fraction of sp³-hybridized carbons (Fsp3) is 0.350. The molecular weight excluding hydrogens is 446 g/mol. The Morgan fingerprint density at radius 3 is 2.77 bits per heavy atom. The third kappa shape index (κ3) is 5.26. The summed E-state index contributed by atoms with van der Waals surface area (Å²) in [5.74, 6) is -1.80. The van der Waals surface area contributed by atoms with E-state index < -0.39 is 16.0 Å². The highest BCUT2D eigenvalue weighted by Crippen LogP contribution is 2.29. The molecule has 2 heterocycles. The first-order valence-electron chi connectivity index (χ1n) is 9.65. The maximum atomic E-state index is 12.6. The van der Waals surface area contributed by atoms with Crippen LogP contribution in [-0.2, 0) is 19.6 Å². The Morgan fingerprint density at radius 2 is 2.10 bits per heavy atom. The quantitative estimate of drug-likeness (QED) is 0.595. The van der Waals surface area contributed by atoms with E-state index in [2.05, 4.69) is 9.71 Å². The lowest BCUT2D eigenvalue weighted by atomic mass is 9.98. The smallest absolute Gasteiger partial charge is 0.339 e. The van der Waals surface area contributed by atoms with E-state index in [9.17, 15) is 23.1 Å². The minimum absolute atomic E-state index is 0.0139. The summed E-state index contributed by atoms with van der Waals surface area (Å²) >= 11 is 5.97. The highest BCUT2D eigenvalue weighted by molar-refractivity contribution is 7.92. The number of carbonyl (C=O) groups excluding carboxylic acids is 1. The SMILES string of the molecule is CCOC(=O)C1CCCN(c2ncc(NS(=O)(=O)c3ccccc3Cl)cc2C(=O)O)C1. The Kier molecular flexibility index (Phi) is 7.01. The molecule has 1 aliphatic rings. The molecule has 0 aliphatic carbocycles. The van der Waals surface area contributed by atoms with Crippen molar-refractivity contribution < 1.29 is 27.9 Å². The number of hydrogen-bond acceptors (Lipinski definition) is 7. The van der Waals surface area contributed by atoms with Crippen molar-refractivity contribution in [2.75, 3.05) is 29.3 Å². The van der Waals surface area contributed by atoms with Crippen molar-refractivity contribution in [3.63, 3.8) is 0 Å². The number of ether oxygens (including phenoxy) is 1. The van der Waals surface area contributed by atoms with Gasteiger partial charge in [-0.25, -0.2) is 18.2 Å². The number of nitrogens with one attached hydrogen (secondary N) is 1. The normalized spacial score (nSPS) is 16.6. The second-order valence-electron chi connectivity index (χ2n) is 6.97. The fourth-order valence-electron chi connectivity index (χ4n) is 3.42. The molecule has 0 amide bonds. The second kappa shape index (κ2) is 9.52. The average molecular weight is 468 g/mol. The van der Waals surface area contributed by atoms with E-state index >= 15 is 0 Å². The third-order valence-electron chi connectivity index (χ3n) is 4.82. The number of halogens is 1. The number of hydrogen-bond donors (Lipinski definition) is 2. The number of carboxylic acid groups (broad SMARTS) is 1. The zero-order valence-corrected chi connectivity index (χ0v) is 18.3. The molecule has 11 heteroatoms. The molecule has 1 saturated heterocycles. The summed E-state index contributed by atoms with van der Waals surface area (Å²) in [6.45, 7) is 2.80. The van der Waals surface area contributed by atoms with E-state index in [4.69, 9.17) is 16.3 Å². The molecule has 0 bridgehead atoms. The number of benzene rings is 1. The van der Waals surface area contributed by atoms with Crippen LogP contribution in [0.15, 0.2) is 41.4 Å². The molecule has 1 unspecified atom stereocenters. The van der Waals surface area contributed by atoms with Gasteiger partial charge in [0, 0.05) is 13.1 Å². The predicted octanol–water partition coefficient (Wildman–Crippen LogP) is 3.01. The Morgan fingerprint density at radius 1 is 1.35 bits per heavy atom. The van der Waals surface area contributed by atoms with E-state index in [1.54, 1.807) is 17.9 Å². The number of carbonyl (C=O) groups is 2. The topological polar surface area (TPSA) is 126 Å². The van der Waals surface area contributed by atoms with E-state index in [0.29, 0.717) is 19.4 Å².